The number of methoxy groups -OCH3 is 1. The summed E-state index contributed by atoms with van der Waals surface area (Å²) in [6.45, 7) is 3.82. The second kappa shape index (κ2) is 12.9. The number of carbonyl (C=O) groups excluding carboxylic acids is 3. The third-order valence-electron chi connectivity index (χ3n) is 6.46. The second-order valence-corrected chi connectivity index (χ2v) is 9.77. The van der Waals surface area contributed by atoms with E-state index in [-0.39, 0.29) is 23.9 Å². The predicted molar refractivity (Wildman–Crippen MR) is 138 cm³/mol. The van der Waals surface area contributed by atoms with Crippen molar-refractivity contribution in [3.63, 3.8) is 0 Å². The average molecular weight is 527 g/mol. The lowest BCUT2D eigenvalue weighted by Crippen LogP contribution is -2.56. The number of carboxylic acids is 1. The summed E-state index contributed by atoms with van der Waals surface area (Å²) in [7, 11) is 1.54. The van der Waals surface area contributed by atoms with E-state index in [0.717, 1.165) is 5.39 Å². The van der Waals surface area contributed by atoms with Crippen LogP contribution in [0.4, 0.5) is 0 Å². The van der Waals surface area contributed by atoms with Gasteiger partial charge in [-0.2, -0.15) is 5.26 Å². The number of nitriles is 1. The molecule has 1 unspecified atom stereocenters. The number of ether oxygens (including phenoxy) is 1. The van der Waals surface area contributed by atoms with Gasteiger partial charge in [-0.25, -0.2) is 0 Å². The first-order valence-corrected chi connectivity index (χ1v) is 12.5. The molecule has 1 saturated heterocycles. The molecule has 0 aliphatic carbocycles. The number of hydrogen-bond donors (Lipinski definition) is 6. The molecule has 12 heteroatoms. The van der Waals surface area contributed by atoms with Gasteiger partial charge in [0, 0.05) is 23.4 Å². The zero-order valence-electron chi connectivity index (χ0n) is 21.7. The highest BCUT2D eigenvalue weighted by molar-refractivity contribution is 6.01. The van der Waals surface area contributed by atoms with E-state index in [1.165, 1.54) is 7.11 Å². The molecule has 4 atom stereocenters. The molecule has 1 aromatic heterocycles. The fourth-order valence-electron chi connectivity index (χ4n) is 4.58. The summed E-state index contributed by atoms with van der Waals surface area (Å²) in [6.07, 6.45) is 1.00. The number of rotatable bonds is 13. The minimum absolute atomic E-state index is 0.0461. The molecule has 1 aliphatic rings. The first kappa shape index (κ1) is 28.5. The standard InChI is InChI=1S/C26H34N6O6/c1-14(2)9-19(32-26(37)20-11-16-17(30-20)5-4-6-22(16)38-3)25(36)31-18(10-15-7-8-28-24(15)35)21(12-27)29-13-23(33)34/h4-6,11,14-15,18-19,21,29-30H,7-10,13H2,1-3H3,(H,28,35)(H,31,36)(H,32,37)(H,33,34)/t15-,18-,19-,21?/m0/s1. The maximum atomic E-state index is 13.4. The van der Waals surface area contributed by atoms with Gasteiger partial charge in [0.25, 0.3) is 5.91 Å². The van der Waals surface area contributed by atoms with Gasteiger partial charge in [0.05, 0.1) is 25.8 Å². The molecule has 2 aromatic rings. The lowest BCUT2D eigenvalue weighted by atomic mass is 9.93. The molecule has 2 heterocycles. The van der Waals surface area contributed by atoms with Crippen molar-refractivity contribution in [1.82, 2.24) is 26.3 Å². The maximum Gasteiger partial charge on any atom is 0.317 e. The van der Waals surface area contributed by atoms with E-state index in [1.807, 2.05) is 26.0 Å². The number of aliphatic carboxylic acids is 1. The fourth-order valence-corrected chi connectivity index (χ4v) is 4.58. The van der Waals surface area contributed by atoms with Crippen LogP contribution in [0.2, 0.25) is 0 Å². The molecule has 6 N–H and O–H groups in total. The third-order valence-corrected chi connectivity index (χ3v) is 6.46. The van der Waals surface area contributed by atoms with Crippen LogP contribution in [0.25, 0.3) is 10.9 Å². The summed E-state index contributed by atoms with van der Waals surface area (Å²) in [5.74, 6) is -2.14. The molecule has 38 heavy (non-hydrogen) atoms. The highest BCUT2D eigenvalue weighted by atomic mass is 16.5. The van der Waals surface area contributed by atoms with Gasteiger partial charge in [-0.1, -0.05) is 19.9 Å². The Morgan fingerprint density at radius 3 is 2.63 bits per heavy atom. The van der Waals surface area contributed by atoms with E-state index < -0.39 is 48.4 Å². The monoisotopic (exact) mass is 526 g/mol. The highest BCUT2D eigenvalue weighted by Crippen LogP contribution is 2.26. The van der Waals surface area contributed by atoms with E-state index in [1.54, 1.807) is 18.2 Å². The summed E-state index contributed by atoms with van der Waals surface area (Å²) >= 11 is 0. The van der Waals surface area contributed by atoms with Gasteiger partial charge in [0.2, 0.25) is 11.8 Å². The van der Waals surface area contributed by atoms with Crippen LogP contribution in [0, 0.1) is 23.2 Å². The predicted octanol–water partition coefficient (Wildman–Crippen LogP) is 0.898. The molecule has 12 nitrogen and oxygen atoms in total. The van der Waals surface area contributed by atoms with Crippen molar-refractivity contribution < 1.29 is 29.0 Å². The molecule has 1 aliphatic heterocycles. The first-order chi connectivity index (χ1) is 18.1. The van der Waals surface area contributed by atoms with Crippen LogP contribution in [-0.4, -0.2) is 72.1 Å². The molecule has 1 aromatic carbocycles. The molecule has 0 spiro atoms. The van der Waals surface area contributed by atoms with Crippen molar-refractivity contribution in [2.45, 2.75) is 51.2 Å². The van der Waals surface area contributed by atoms with Crippen LogP contribution in [0.5, 0.6) is 5.75 Å². The number of aromatic amines is 1. The van der Waals surface area contributed by atoms with Gasteiger partial charge in [0.1, 0.15) is 23.5 Å². The van der Waals surface area contributed by atoms with Crippen LogP contribution in [0.3, 0.4) is 0 Å². The lowest BCUT2D eigenvalue weighted by molar-refractivity contribution is -0.136. The van der Waals surface area contributed by atoms with E-state index in [0.29, 0.717) is 30.7 Å². The van der Waals surface area contributed by atoms with Crippen LogP contribution in [-0.2, 0) is 14.4 Å². The largest absolute Gasteiger partial charge is 0.496 e. The van der Waals surface area contributed by atoms with Gasteiger partial charge in [-0.3, -0.25) is 24.5 Å². The molecule has 3 rings (SSSR count). The van der Waals surface area contributed by atoms with Gasteiger partial charge in [-0.05, 0) is 43.4 Å². The minimum atomic E-state index is -1.16. The topological polar surface area (TPSA) is 185 Å². The number of nitrogens with zero attached hydrogens (tertiary/aromatic N) is 1. The summed E-state index contributed by atoms with van der Waals surface area (Å²) in [5, 5.41) is 30.4. The summed E-state index contributed by atoms with van der Waals surface area (Å²) in [6, 6.07) is 6.18. The van der Waals surface area contributed by atoms with E-state index in [9.17, 15) is 24.4 Å². The van der Waals surface area contributed by atoms with Gasteiger partial charge in [0.15, 0.2) is 0 Å². The average Bonchev–Trinajstić information content (AvgIpc) is 3.49. The molecule has 3 amide bonds. The Kier molecular flexibility index (Phi) is 9.67. The number of carbonyl (C=O) groups is 4. The number of H-pyrrole nitrogens is 1. The van der Waals surface area contributed by atoms with E-state index in [2.05, 4.69) is 26.3 Å². The number of nitrogens with one attached hydrogen (secondary N) is 5. The minimum Gasteiger partial charge on any atom is -0.496 e. The Balaban J connectivity index is 1.80. The summed E-state index contributed by atoms with van der Waals surface area (Å²) < 4.78 is 5.35. The molecule has 0 saturated carbocycles. The van der Waals surface area contributed by atoms with Gasteiger partial charge >= 0.3 is 5.97 Å². The van der Waals surface area contributed by atoms with Gasteiger partial charge < -0.3 is 30.8 Å². The third kappa shape index (κ3) is 7.23. The molecule has 0 bridgehead atoms. The Morgan fingerprint density at radius 2 is 2.03 bits per heavy atom. The maximum absolute atomic E-state index is 13.4. The fraction of sp³-hybridized carbons (Fsp3) is 0.500. The highest BCUT2D eigenvalue weighted by Gasteiger charge is 2.34. The first-order valence-electron chi connectivity index (χ1n) is 12.5. The molecule has 0 radical (unpaired) electrons. The number of benzene rings is 1. The van der Waals surface area contributed by atoms with E-state index in [4.69, 9.17) is 9.84 Å². The molecule has 1 fully saturated rings. The lowest BCUT2D eigenvalue weighted by Gasteiger charge is -2.28. The van der Waals surface area contributed by atoms with Crippen LogP contribution in [0.15, 0.2) is 24.3 Å². The quantitative estimate of drug-likeness (QED) is 0.222. The zero-order chi connectivity index (χ0) is 27.8. The zero-order valence-corrected chi connectivity index (χ0v) is 21.7. The normalized spacial score (nSPS) is 17.3. The van der Waals surface area contributed by atoms with Crippen LogP contribution in [0.1, 0.15) is 43.6 Å². The Bertz CT molecular complexity index is 1220. The van der Waals surface area contributed by atoms with Crippen molar-refractivity contribution in [3.8, 4) is 11.8 Å². The van der Waals surface area contributed by atoms with E-state index >= 15 is 0 Å². The number of aromatic nitrogens is 1. The van der Waals surface area contributed by atoms with Crippen molar-refractivity contribution >= 4 is 34.6 Å². The van der Waals surface area contributed by atoms with Crippen molar-refractivity contribution in [3.05, 3.63) is 30.0 Å². The number of fused-ring (bicyclic) bond motifs is 1. The Hall–Kier alpha value is -4.11. The molecular formula is C26H34N6O6. The molecule has 204 valence electrons. The summed E-state index contributed by atoms with van der Waals surface area (Å²) in [5.41, 5.74) is 0.957. The SMILES string of the molecule is COc1cccc2[nH]c(C(=O)N[C@@H](CC(C)C)C(=O)N[C@@H](C[C@@H]3CCNC3=O)C(C#N)NCC(=O)O)cc12. The van der Waals surface area contributed by atoms with Crippen molar-refractivity contribution in [2.75, 3.05) is 20.2 Å². The summed E-state index contributed by atoms with van der Waals surface area (Å²) in [4.78, 5) is 52.9. The second-order valence-electron chi connectivity index (χ2n) is 9.77. The number of carboxylic acid groups (broad SMARTS) is 1. The van der Waals surface area contributed by atoms with Crippen molar-refractivity contribution in [2.24, 2.45) is 11.8 Å². The van der Waals surface area contributed by atoms with Crippen LogP contribution >= 0.6 is 0 Å². The number of amides is 3. The smallest absolute Gasteiger partial charge is 0.317 e. The Morgan fingerprint density at radius 1 is 1.26 bits per heavy atom. The molecular weight excluding hydrogens is 492 g/mol. The Labute approximate surface area is 220 Å². The van der Waals surface area contributed by atoms with Gasteiger partial charge in [-0.15, -0.1) is 0 Å². The van der Waals surface area contributed by atoms with Crippen LogP contribution < -0.4 is 26.0 Å². The number of hydrogen-bond acceptors (Lipinski definition) is 7. The van der Waals surface area contributed by atoms with Crippen molar-refractivity contribution in [1.29, 1.82) is 5.26 Å².